The van der Waals surface area contributed by atoms with Crippen LogP contribution >= 0.6 is 0 Å². The van der Waals surface area contributed by atoms with Crippen molar-refractivity contribution in [3.63, 3.8) is 0 Å². The van der Waals surface area contributed by atoms with Crippen molar-refractivity contribution in [3.05, 3.63) is 52.6 Å². The number of allylic oxidation sites excluding steroid dienone is 4. The maximum atomic E-state index is 12.2. The van der Waals surface area contributed by atoms with Crippen LogP contribution in [0.3, 0.4) is 0 Å². The molecule has 142 valence electrons. The molecule has 0 saturated heterocycles. The van der Waals surface area contributed by atoms with Gasteiger partial charge in [0.15, 0.2) is 5.78 Å². The number of carbonyl (C=O) groups is 2. The highest BCUT2D eigenvalue weighted by molar-refractivity contribution is 6.89. The van der Waals surface area contributed by atoms with E-state index < -0.39 is 8.07 Å². The van der Waals surface area contributed by atoms with Crippen LogP contribution in [0.4, 0.5) is 0 Å². The summed E-state index contributed by atoms with van der Waals surface area (Å²) < 4.78 is 5.19. The second kappa shape index (κ2) is 9.01. The van der Waals surface area contributed by atoms with Gasteiger partial charge in [-0.05, 0) is 62.2 Å². The minimum Gasteiger partial charge on any atom is -0.462 e. The molecule has 0 spiro atoms. The summed E-state index contributed by atoms with van der Waals surface area (Å²) in [6.07, 6.45) is 6.12. The molecule has 1 aromatic carbocycles. The van der Waals surface area contributed by atoms with Crippen LogP contribution in [0.25, 0.3) is 0 Å². The van der Waals surface area contributed by atoms with E-state index in [1.807, 2.05) is 38.1 Å². The van der Waals surface area contributed by atoms with Gasteiger partial charge >= 0.3 is 5.97 Å². The third kappa shape index (κ3) is 5.54. The maximum absolute atomic E-state index is 12.2. The molecule has 3 nitrogen and oxygen atoms in total. The fraction of sp³-hybridized carbons (Fsp3) is 0.391. The zero-order valence-corrected chi connectivity index (χ0v) is 17.9. The summed E-state index contributed by atoms with van der Waals surface area (Å²) in [6.45, 7) is 10.8. The molecule has 4 heteroatoms. The molecular weight excluding hydrogens is 352 g/mol. The Labute approximate surface area is 163 Å². The fourth-order valence-corrected chi connectivity index (χ4v) is 4.72. The van der Waals surface area contributed by atoms with E-state index in [9.17, 15) is 9.59 Å². The average Bonchev–Trinajstić information content (AvgIpc) is 2.60. The molecule has 0 N–H and O–H groups in total. The highest BCUT2D eigenvalue weighted by Gasteiger charge is 2.24. The standard InChI is InChI=1S/C23H28O3Si/c1-6-26-23(25)20-15-14-18(16-22(20)27(3,4)5)11-7-8-12-19-17(2)10-9-13-21(19)24/h8,12,14-16H,6,9-10,13H2,1-5H3. The Morgan fingerprint density at radius 1 is 1.26 bits per heavy atom. The van der Waals surface area contributed by atoms with Gasteiger partial charge in [-0.2, -0.15) is 0 Å². The van der Waals surface area contributed by atoms with Gasteiger partial charge in [0.2, 0.25) is 0 Å². The van der Waals surface area contributed by atoms with Crippen LogP contribution in [-0.4, -0.2) is 26.4 Å². The molecule has 0 aromatic heterocycles. The van der Waals surface area contributed by atoms with E-state index in [2.05, 4.69) is 31.5 Å². The fourth-order valence-electron chi connectivity index (χ4n) is 3.14. The summed E-state index contributed by atoms with van der Waals surface area (Å²) in [5, 5.41) is 1.05. The zero-order valence-electron chi connectivity index (χ0n) is 16.9. The van der Waals surface area contributed by atoms with Crippen molar-refractivity contribution in [1.29, 1.82) is 0 Å². The maximum Gasteiger partial charge on any atom is 0.337 e. The quantitative estimate of drug-likeness (QED) is 0.442. The number of hydrogen-bond donors (Lipinski definition) is 0. The van der Waals surface area contributed by atoms with Crippen molar-refractivity contribution in [2.45, 2.75) is 52.8 Å². The van der Waals surface area contributed by atoms with Gasteiger partial charge in [-0.15, -0.1) is 0 Å². The molecule has 0 aliphatic heterocycles. The topological polar surface area (TPSA) is 43.4 Å². The highest BCUT2D eigenvalue weighted by Crippen LogP contribution is 2.22. The summed E-state index contributed by atoms with van der Waals surface area (Å²) in [6, 6.07) is 5.68. The summed E-state index contributed by atoms with van der Waals surface area (Å²) in [5.74, 6) is 6.08. The van der Waals surface area contributed by atoms with Gasteiger partial charge in [0, 0.05) is 17.6 Å². The van der Waals surface area contributed by atoms with Crippen LogP contribution in [0.2, 0.25) is 19.6 Å². The van der Waals surface area contributed by atoms with Crippen molar-refractivity contribution in [1.82, 2.24) is 0 Å². The Morgan fingerprint density at radius 3 is 2.63 bits per heavy atom. The number of hydrogen-bond acceptors (Lipinski definition) is 3. The molecule has 0 heterocycles. The smallest absolute Gasteiger partial charge is 0.337 e. The van der Waals surface area contributed by atoms with Gasteiger partial charge in [0.05, 0.1) is 20.2 Å². The molecular formula is C23H28O3Si. The first-order valence-electron chi connectivity index (χ1n) is 9.46. The Hall–Kier alpha value is -2.38. The number of rotatable bonds is 4. The molecule has 1 aliphatic rings. The van der Waals surface area contributed by atoms with Crippen molar-refractivity contribution in [3.8, 4) is 11.8 Å². The molecule has 0 bridgehead atoms. The van der Waals surface area contributed by atoms with E-state index in [4.69, 9.17) is 4.74 Å². The van der Waals surface area contributed by atoms with Gasteiger partial charge in [-0.25, -0.2) is 4.79 Å². The molecule has 0 saturated carbocycles. The average molecular weight is 381 g/mol. The largest absolute Gasteiger partial charge is 0.462 e. The molecule has 1 aromatic rings. The lowest BCUT2D eigenvalue weighted by Crippen LogP contribution is -2.41. The van der Waals surface area contributed by atoms with Crippen LogP contribution in [-0.2, 0) is 9.53 Å². The lowest BCUT2D eigenvalue weighted by atomic mass is 9.91. The van der Waals surface area contributed by atoms with Crippen molar-refractivity contribution >= 4 is 25.0 Å². The summed E-state index contributed by atoms with van der Waals surface area (Å²) >= 11 is 0. The van der Waals surface area contributed by atoms with E-state index in [1.54, 1.807) is 6.08 Å². The van der Waals surface area contributed by atoms with Crippen molar-refractivity contribution in [2.24, 2.45) is 0 Å². The van der Waals surface area contributed by atoms with Gasteiger partial charge in [0.25, 0.3) is 0 Å². The van der Waals surface area contributed by atoms with Gasteiger partial charge < -0.3 is 4.74 Å². The summed E-state index contributed by atoms with van der Waals surface area (Å²) in [4.78, 5) is 24.2. The third-order valence-electron chi connectivity index (χ3n) is 4.59. The van der Waals surface area contributed by atoms with E-state index in [0.29, 0.717) is 18.6 Å². The highest BCUT2D eigenvalue weighted by atomic mass is 28.3. The van der Waals surface area contributed by atoms with Gasteiger partial charge in [-0.1, -0.05) is 37.1 Å². The monoisotopic (exact) mass is 380 g/mol. The molecule has 0 fully saturated rings. The van der Waals surface area contributed by atoms with E-state index in [-0.39, 0.29) is 11.8 Å². The van der Waals surface area contributed by atoms with Crippen LogP contribution in [0.1, 0.15) is 49.0 Å². The molecule has 0 unspecified atom stereocenters. The number of Topliss-reactive ketones (excluding diaryl/α,β-unsaturated/α-hetero) is 1. The van der Waals surface area contributed by atoms with Crippen LogP contribution in [0, 0.1) is 11.8 Å². The molecule has 2 rings (SSSR count). The first kappa shape index (κ1) is 20.9. The predicted octanol–water partition coefficient (Wildman–Crippen LogP) is 4.39. The van der Waals surface area contributed by atoms with E-state index >= 15 is 0 Å². The normalized spacial score (nSPS) is 14.9. The third-order valence-corrected chi connectivity index (χ3v) is 6.62. The lowest BCUT2D eigenvalue weighted by molar-refractivity contribution is -0.115. The minimum atomic E-state index is -1.73. The van der Waals surface area contributed by atoms with Crippen LogP contribution in [0.15, 0.2) is 41.5 Å². The molecule has 0 atom stereocenters. The number of carbonyl (C=O) groups excluding carboxylic acids is 2. The minimum absolute atomic E-state index is 0.205. The molecule has 1 aliphatic carbocycles. The first-order chi connectivity index (χ1) is 12.7. The number of benzene rings is 1. The number of ether oxygens (including phenoxy) is 1. The SMILES string of the molecule is CCOC(=O)c1ccc(C#CC=CC2=C(C)CCCC2=O)cc1[Si](C)(C)C. The van der Waals surface area contributed by atoms with E-state index in [1.165, 1.54) is 0 Å². The Morgan fingerprint density at radius 2 is 2.00 bits per heavy atom. The second-order valence-electron chi connectivity index (χ2n) is 7.80. The van der Waals surface area contributed by atoms with Crippen molar-refractivity contribution < 1.29 is 14.3 Å². The van der Waals surface area contributed by atoms with Crippen LogP contribution in [0.5, 0.6) is 0 Å². The molecule has 0 radical (unpaired) electrons. The van der Waals surface area contributed by atoms with Crippen LogP contribution < -0.4 is 5.19 Å². The van der Waals surface area contributed by atoms with Crippen molar-refractivity contribution in [2.75, 3.05) is 6.61 Å². The number of ketones is 1. The zero-order chi connectivity index (χ0) is 20.0. The van der Waals surface area contributed by atoms with Gasteiger partial charge in [-0.3, -0.25) is 4.79 Å². The Balaban J connectivity index is 2.28. The summed E-state index contributed by atoms with van der Waals surface area (Å²) in [7, 11) is -1.73. The Bertz CT molecular complexity index is 858. The molecule has 27 heavy (non-hydrogen) atoms. The van der Waals surface area contributed by atoms with E-state index in [0.717, 1.165) is 34.7 Å². The molecule has 0 amide bonds. The number of esters is 1. The van der Waals surface area contributed by atoms with Gasteiger partial charge in [0.1, 0.15) is 0 Å². The first-order valence-corrected chi connectivity index (χ1v) is 13.0. The predicted molar refractivity (Wildman–Crippen MR) is 113 cm³/mol. The Kier molecular flexibility index (Phi) is 6.98. The second-order valence-corrected chi connectivity index (χ2v) is 12.8. The lowest BCUT2D eigenvalue weighted by Gasteiger charge is -2.20. The summed E-state index contributed by atoms with van der Waals surface area (Å²) in [5.41, 5.74) is 3.46.